The molecule has 23 heavy (non-hydrogen) atoms. The first-order chi connectivity index (χ1) is 11.2. The molecule has 2 fully saturated rings. The summed E-state index contributed by atoms with van der Waals surface area (Å²) in [6.07, 6.45) is 5.97. The summed E-state index contributed by atoms with van der Waals surface area (Å²) in [6.45, 7) is 4.80. The normalized spacial score (nSPS) is 23.2. The minimum absolute atomic E-state index is 0.0328. The van der Waals surface area contributed by atoms with Crippen molar-refractivity contribution in [3.63, 3.8) is 0 Å². The minimum Gasteiger partial charge on any atom is -0.341 e. The first-order valence-electron chi connectivity index (χ1n) is 8.77. The van der Waals surface area contributed by atoms with Crippen LogP contribution < -0.4 is 5.73 Å². The van der Waals surface area contributed by atoms with E-state index in [4.69, 9.17) is 5.73 Å². The molecule has 3 rings (SSSR count). The van der Waals surface area contributed by atoms with Crippen LogP contribution in [0.1, 0.15) is 49.7 Å². The van der Waals surface area contributed by atoms with E-state index in [0.29, 0.717) is 6.54 Å². The van der Waals surface area contributed by atoms with Crippen molar-refractivity contribution >= 4 is 5.91 Å². The van der Waals surface area contributed by atoms with Crippen molar-refractivity contribution in [3.05, 3.63) is 11.6 Å². The second-order valence-corrected chi connectivity index (χ2v) is 6.75. The summed E-state index contributed by atoms with van der Waals surface area (Å²) in [5, 5.41) is 8.86. The number of amides is 1. The average Bonchev–Trinajstić information content (AvgIpc) is 2.96. The highest BCUT2D eigenvalue weighted by Gasteiger charge is 2.28. The molecule has 2 N–H and O–H groups in total. The van der Waals surface area contributed by atoms with Crippen molar-refractivity contribution in [2.45, 2.75) is 44.6 Å². The van der Waals surface area contributed by atoms with Crippen LogP contribution in [0, 0.1) is 0 Å². The molecule has 0 aliphatic carbocycles. The maximum absolute atomic E-state index is 11.8. The number of carbonyl (C=O) groups excluding carboxylic acids is 1. The molecule has 0 aromatic carbocycles. The van der Waals surface area contributed by atoms with Gasteiger partial charge in [0.1, 0.15) is 11.6 Å². The third kappa shape index (κ3) is 3.72. The van der Waals surface area contributed by atoms with Gasteiger partial charge in [0.25, 0.3) is 0 Å². The van der Waals surface area contributed by atoms with E-state index in [9.17, 15) is 4.79 Å². The summed E-state index contributed by atoms with van der Waals surface area (Å²) in [4.78, 5) is 16.2. The van der Waals surface area contributed by atoms with E-state index in [1.165, 1.54) is 19.3 Å². The fraction of sp³-hybridized carbons (Fsp3) is 0.812. The van der Waals surface area contributed by atoms with Gasteiger partial charge in [-0.3, -0.25) is 9.69 Å². The summed E-state index contributed by atoms with van der Waals surface area (Å²) >= 11 is 0. The Morgan fingerprint density at radius 3 is 2.70 bits per heavy atom. The van der Waals surface area contributed by atoms with Crippen LogP contribution in [-0.2, 0) is 18.4 Å². The molecule has 1 aromatic rings. The molecule has 0 spiro atoms. The quantitative estimate of drug-likeness (QED) is 0.872. The van der Waals surface area contributed by atoms with Crippen LogP contribution in [0.2, 0.25) is 0 Å². The standard InChI is InChI=1S/C16H28N6O/c1-20-14(12-21-7-3-2-4-8-21)18-19-16(20)13-6-5-9-22(11-13)15(23)10-17/h13H,2-12,17H2,1H3/t13-/m1/s1. The van der Waals surface area contributed by atoms with Gasteiger partial charge in [-0.25, -0.2) is 0 Å². The van der Waals surface area contributed by atoms with E-state index < -0.39 is 0 Å². The lowest BCUT2D eigenvalue weighted by atomic mass is 9.97. The van der Waals surface area contributed by atoms with E-state index in [1.807, 2.05) is 4.90 Å². The molecule has 128 valence electrons. The predicted octanol–water partition coefficient (Wildman–Crippen LogP) is 0.466. The van der Waals surface area contributed by atoms with E-state index in [2.05, 4.69) is 26.7 Å². The van der Waals surface area contributed by atoms with Gasteiger partial charge < -0.3 is 15.2 Å². The van der Waals surface area contributed by atoms with Crippen LogP contribution in [-0.4, -0.2) is 63.2 Å². The molecule has 0 bridgehead atoms. The topological polar surface area (TPSA) is 80.3 Å². The van der Waals surface area contributed by atoms with Crippen molar-refractivity contribution < 1.29 is 4.79 Å². The molecule has 1 amide bonds. The number of hydrogen-bond acceptors (Lipinski definition) is 5. The van der Waals surface area contributed by atoms with Crippen molar-refractivity contribution in [1.82, 2.24) is 24.6 Å². The Morgan fingerprint density at radius 1 is 1.17 bits per heavy atom. The van der Waals surface area contributed by atoms with Gasteiger partial charge in [-0.2, -0.15) is 0 Å². The number of carbonyl (C=O) groups is 1. The number of nitrogens with zero attached hydrogens (tertiary/aromatic N) is 5. The van der Waals surface area contributed by atoms with Crippen molar-refractivity contribution in [3.8, 4) is 0 Å². The molecule has 0 radical (unpaired) electrons. The molecule has 7 heteroatoms. The molecule has 1 aromatic heterocycles. The summed E-state index contributed by atoms with van der Waals surface area (Å²) in [7, 11) is 2.05. The highest BCUT2D eigenvalue weighted by molar-refractivity contribution is 5.78. The van der Waals surface area contributed by atoms with E-state index in [0.717, 1.165) is 50.7 Å². The second-order valence-electron chi connectivity index (χ2n) is 6.75. The summed E-state index contributed by atoms with van der Waals surface area (Å²) in [5.41, 5.74) is 5.50. The third-order valence-corrected chi connectivity index (χ3v) is 5.13. The SMILES string of the molecule is Cn1c(CN2CCCCC2)nnc1[C@@H]1CCCN(C(=O)CN)C1. The first-order valence-corrected chi connectivity index (χ1v) is 8.77. The minimum atomic E-state index is 0.0328. The van der Waals surface area contributed by atoms with Crippen LogP contribution in [0.25, 0.3) is 0 Å². The van der Waals surface area contributed by atoms with Crippen LogP contribution in [0.5, 0.6) is 0 Å². The Balaban J connectivity index is 1.67. The zero-order valence-corrected chi connectivity index (χ0v) is 14.1. The molecule has 2 aliphatic heterocycles. The highest BCUT2D eigenvalue weighted by atomic mass is 16.2. The van der Waals surface area contributed by atoms with Gasteiger partial charge in [0, 0.05) is 26.1 Å². The molecule has 7 nitrogen and oxygen atoms in total. The Labute approximate surface area is 137 Å². The lowest BCUT2D eigenvalue weighted by Gasteiger charge is -2.32. The molecule has 1 atom stereocenters. The Hall–Kier alpha value is -1.47. The summed E-state index contributed by atoms with van der Waals surface area (Å²) < 4.78 is 2.13. The number of aromatic nitrogens is 3. The van der Waals surface area contributed by atoms with Crippen LogP contribution >= 0.6 is 0 Å². The molecule has 0 unspecified atom stereocenters. The summed E-state index contributed by atoms with van der Waals surface area (Å²) in [6, 6.07) is 0. The molecular formula is C16H28N6O. The first kappa shape index (κ1) is 16.4. The number of hydrogen-bond donors (Lipinski definition) is 1. The Bertz CT molecular complexity index is 537. The number of likely N-dealkylation sites (tertiary alicyclic amines) is 2. The predicted molar refractivity (Wildman–Crippen MR) is 87.7 cm³/mol. The third-order valence-electron chi connectivity index (χ3n) is 5.13. The van der Waals surface area contributed by atoms with E-state index >= 15 is 0 Å². The van der Waals surface area contributed by atoms with Gasteiger partial charge in [0.15, 0.2) is 0 Å². The molecule has 3 heterocycles. The Kier molecular flexibility index (Phi) is 5.27. The highest BCUT2D eigenvalue weighted by Crippen LogP contribution is 2.26. The van der Waals surface area contributed by atoms with Gasteiger partial charge >= 0.3 is 0 Å². The van der Waals surface area contributed by atoms with Crippen molar-refractivity contribution in [2.75, 3.05) is 32.7 Å². The van der Waals surface area contributed by atoms with Gasteiger partial charge in [-0.15, -0.1) is 10.2 Å². The fourth-order valence-corrected chi connectivity index (χ4v) is 3.73. The van der Waals surface area contributed by atoms with Crippen LogP contribution in [0.3, 0.4) is 0 Å². The maximum atomic E-state index is 11.8. The lowest BCUT2D eigenvalue weighted by Crippen LogP contribution is -2.42. The lowest BCUT2D eigenvalue weighted by molar-refractivity contribution is -0.130. The molecule has 2 saturated heterocycles. The van der Waals surface area contributed by atoms with E-state index in [-0.39, 0.29) is 18.4 Å². The van der Waals surface area contributed by atoms with Crippen molar-refractivity contribution in [1.29, 1.82) is 0 Å². The largest absolute Gasteiger partial charge is 0.341 e. The van der Waals surface area contributed by atoms with Gasteiger partial charge in [-0.05, 0) is 38.8 Å². The molecular weight excluding hydrogens is 292 g/mol. The number of rotatable bonds is 4. The smallest absolute Gasteiger partial charge is 0.236 e. The fourth-order valence-electron chi connectivity index (χ4n) is 3.73. The summed E-state index contributed by atoms with van der Waals surface area (Å²) in [5.74, 6) is 2.34. The van der Waals surface area contributed by atoms with Crippen LogP contribution in [0.4, 0.5) is 0 Å². The van der Waals surface area contributed by atoms with E-state index in [1.54, 1.807) is 0 Å². The van der Waals surface area contributed by atoms with Gasteiger partial charge in [-0.1, -0.05) is 6.42 Å². The number of piperidine rings is 2. The van der Waals surface area contributed by atoms with Crippen LogP contribution in [0.15, 0.2) is 0 Å². The zero-order chi connectivity index (χ0) is 16.2. The Morgan fingerprint density at radius 2 is 1.96 bits per heavy atom. The molecule has 2 aliphatic rings. The van der Waals surface area contributed by atoms with Gasteiger partial charge in [0.05, 0.1) is 13.1 Å². The average molecular weight is 320 g/mol. The molecule has 0 saturated carbocycles. The van der Waals surface area contributed by atoms with Gasteiger partial charge in [0.2, 0.25) is 5.91 Å². The number of nitrogens with two attached hydrogens (primary N) is 1. The second kappa shape index (κ2) is 7.40. The van der Waals surface area contributed by atoms with Crippen molar-refractivity contribution in [2.24, 2.45) is 12.8 Å². The monoisotopic (exact) mass is 320 g/mol. The maximum Gasteiger partial charge on any atom is 0.236 e. The zero-order valence-electron chi connectivity index (χ0n) is 14.1.